The molecule has 41 heavy (non-hydrogen) atoms. The summed E-state index contributed by atoms with van der Waals surface area (Å²) in [6, 6.07) is 5.61. The molecule has 3 rings (SSSR count). The molecule has 0 saturated carbocycles. The van der Waals surface area contributed by atoms with E-state index in [2.05, 4.69) is 11.4 Å². The first-order valence-corrected chi connectivity index (χ1v) is 13.6. The van der Waals surface area contributed by atoms with Crippen molar-refractivity contribution >= 4 is 29.3 Å². The molecule has 224 valence electrons. The molecule has 0 unspecified atom stereocenters. The number of para-hydroxylation sites is 1. The minimum Gasteiger partial charge on any atom is -0.332 e. The van der Waals surface area contributed by atoms with E-state index in [1.54, 1.807) is 45.0 Å². The number of fused-ring (bicyclic) bond motifs is 2. The summed E-state index contributed by atoms with van der Waals surface area (Å²) in [5, 5.41) is 12.8. The predicted molar refractivity (Wildman–Crippen MR) is 145 cm³/mol. The standard InChI is InChI=1S/C29H38F3N5O4/c1-17(2)12-21(35(6)23(38)22(14-27(3,4)5)36(7)26(41)29(30,31)32)24(39)37-16-28(13-18(37)15-33)19-10-8-9-11-20(19)34-25(28)40/h8-11,17-18,21-22H,12-14,16H2,1-7H3,(H,34,40)/t18-,21-,22-,28-/m0/s1. The van der Waals surface area contributed by atoms with Crippen LogP contribution in [0.25, 0.3) is 0 Å². The molecule has 12 heteroatoms. The van der Waals surface area contributed by atoms with Gasteiger partial charge >= 0.3 is 12.1 Å². The van der Waals surface area contributed by atoms with Crippen molar-refractivity contribution in [1.29, 1.82) is 5.26 Å². The number of halogens is 3. The van der Waals surface area contributed by atoms with Crippen molar-refractivity contribution in [3.63, 3.8) is 0 Å². The number of rotatable bonds is 7. The van der Waals surface area contributed by atoms with Crippen molar-refractivity contribution in [2.45, 2.75) is 83.6 Å². The van der Waals surface area contributed by atoms with E-state index in [4.69, 9.17) is 0 Å². The van der Waals surface area contributed by atoms with Crippen molar-refractivity contribution in [3.05, 3.63) is 29.8 Å². The minimum absolute atomic E-state index is 0.0691. The van der Waals surface area contributed by atoms with Gasteiger partial charge in [-0.1, -0.05) is 52.8 Å². The minimum atomic E-state index is -5.18. The maximum atomic E-state index is 14.1. The number of anilines is 1. The summed E-state index contributed by atoms with van der Waals surface area (Å²) in [4.78, 5) is 56.0. The van der Waals surface area contributed by atoms with E-state index in [9.17, 15) is 37.6 Å². The van der Waals surface area contributed by atoms with E-state index < -0.39 is 52.9 Å². The van der Waals surface area contributed by atoms with Crippen LogP contribution in [0, 0.1) is 22.7 Å². The Morgan fingerprint density at radius 2 is 1.73 bits per heavy atom. The van der Waals surface area contributed by atoms with Crippen molar-refractivity contribution in [2.24, 2.45) is 11.3 Å². The van der Waals surface area contributed by atoms with E-state index in [1.807, 2.05) is 13.8 Å². The Kier molecular flexibility index (Phi) is 8.82. The third-order valence-electron chi connectivity index (χ3n) is 7.83. The molecule has 1 aromatic rings. The average Bonchev–Trinajstić information content (AvgIpc) is 3.40. The number of hydrogen-bond acceptors (Lipinski definition) is 5. The molecule has 2 aliphatic rings. The second kappa shape index (κ2) is 11.3. The van der Waals surface area contributed by atoms with Gasteiger partial charge in [-0.2, -0.15) is 18.4 Å². The molecule has 2 aliphatic heterocycles. The molecule has 0 bridgehead atoms. The van der Waals surface area contributed by atoms with Crippen LogP contribution in [0.2, 0.25) is 0 Å². The van der Waals surface area contributed by atoms with E-state index >= 15 is 0 Å². The lowest BCUT2D eigenvalue weighted by molar-refractivity contribution is -0.188. The maximum Gasteiger partial charge on any atom is 0.471 e. The first-order chi connectivity index (χ1) is 18.8. The zero-order valence-corrected chi connectivity index (χ0v) is 24.5. The first kappa shape index (κ1) is 31.9. The Labute approximate surface area is 238 Å². The molecule has 0 radical (unpaired) electrons. The number of amides is 4. The average molecular weight is 578 g/mol. The Morgan fingerprint density at radius 1 is 1.12 bits per heavy atom. The zero-order chi connectivity index (χ0) is 31.1. The van der Waals surface area contributed by atoms with Crippen LogP contribution in [0.5, 0.6) is 0 Å². The van der Waals surface area contributed by atoms with Crippen LogP contribution in [0.1, 0.15) is 59.4 Å². The van der Waals surface area contributed by atoms with Gasteiger partial charge in [-0.15, -0.1) is 0 Å². The molecular weight excluding hydrogens is 539 g/mol. The quantitative estimate of drug-likeness (QED) is 0.531. The molecule has 4 atom stereocenters. The second-order valence-electron chi connectivity index (χ2n) is 12.7. The highest BCUT2D eigenvalue weighted by molar-refractivity contribution is 6.07. The Balaban J connectivity index is 1.98. The van der Waals surface area contributed by atoms with Crippen LogP contribution >= 0.6 is 0 Å². The van der Waals surface area contributed by atoms with Gasteiger partial charge in [0.1, 0.15) is 18.1 Å². The molecular formula is C29H38F3N5O4. The van der Waals surface area contributed by atoms with Crippen LogP contribution < -0.4 is 5.32 Å². The Hall–Kier alpha value is -3.62. The number of alkyl halides is 3. The first-order valence-electron chi connectivity index (χ1n) is 13.6. The fourth-order valence-corrected chi connectivity index (χ4v) is 5.75. The SMILES string of the molecule is CC(C)C[C@@H](C(=O)N1C[C@]2(C[C@H]1C#N)C(=O)Nc1ccccc12)N(C)C(=O)[C@H](CC(C)(C)C)N(C)C(=O)C(F)(F)F. The second-order valence-corrected chi connectivity index (χ2v) is 12.7. The molecule has 1 aromatic carbocycles. The topological polar surface area (TPSA) is 114 Å². The van der Waals surface area contributed by atoms with Crippen molar-refractivity contribution in [3.8, 4) is 6.07 Å². The number of nitrogens with one attached hydrogen (secondary N) is 1. The highest BCUT2D eigenvalue weighted by atomic mass is 19.4. The third kappa shape index (κ3) is 6.34. The summed E-state index contributed by atoms with van der Waals surface area (Å²) >= 11 is 0. The van der Waals surface area contributed by atoms with Gasteiger partial charge in [0.15, 0.2) is 0 Å². The molecule has 4 amide bonds. The third-order valence-corrected chi connectivity index (χ3v) is 7.83. The number of carbonyl (C=O) groups is 4. The summed E-state index contributed by atoms with van der Waals surface area (Å²) in [6.07, 6.45) is -5.04. The molecule has 9 nitrogen and oxygen atoms in total. The van der Waals surface area contributed by atoms with Crippen molar-refractivity contribution < 1.29 is 32.3 Å². The van der Waals surface area contributed by atoms with Gasteiger partial charge in [0.25, 0.3) is 0 Å². The van der Waals surface area contributed by atoms with Gasteiger partial charge in [0, 0.05) is 32.7 Å². The zero-order valence-electron chi connectivity index (χ0n) is 24.5. The smallest absolute Gasteiger partial charge is 0.332 e. The number of nitriles is 1. The van der Waals surface area contributed by atoms with Gasteiger partial charge in [-0.25, -0.2) is 0 Å². The van der Waals surface area contributed by atoms with Crippen LogP contribution in [-0.2, 0) is 24.6 Å². The number of carbonyl (C=O) groups excluding carboxylic acids is 4. The van der Waals surface area contributed by atoms with E-state index in [1.165, 1.54) is 11.9 Å². The van der Waals surface area contributed by atoms with Crippen LogP contribution in [0.15, 0.2) is 24.3 Å². The highest BCUT2D eigenvalue weighted by Gasteiger charge is 2.57. The molecule has 1 saturated heterocycles. The normalized spacial score (nSPS) is 21.8. The lowest BCUT2D eigenvalue weighted by Gasteiger charge is -2.38. The molecule has 1 N–H and O–H groups in total. The largest absolute Gasteiger partial charge is 0.471 e. The summed E-state index contributed by atoms with van der Waals surface area (Å²) in [5.74, 6) is -3.98. The fraction of sp³-hybridized carbons (Fsp3) is 0.621. The van der Waals surface area contributed by atoms with Crippen molar-refractivity contribution in [2.75, 3.05) is 26.0 Å². The molecule has 0 aromatic heterocycles. The van der Waals surface area contributed by atoms with Gasteiger partial charge in [0.05, 0.1) is 11.5 Å². The number of likely N-dealkylation sites (N-methyl/N-ethyl adjacent to an activating group) is 2. The van der Waals surface area contributed by atoms with Crippen LogP contribution in [-0.4, -0.2) is 83.3 Å². The number of likely N-dealkylation sites (tertiary alicyclic amines) is 1. The molecule has 1 spiro atoms. The van der Waals surface area contributed by atoms with Crippen molar-refractivity contribution in [1.82, 2.24) is 14.7 Å². The molecule has 1 fully saturated rings. The lowest BCUT2D eigenvalue weighted by Crippen LogP contribution is -2.58. The van der Waals surface area contributed by atoms with Gasteiger partial charge in [-0.3, -0.25) is 19.2 Å². The molecule has 2 heterocycles. The monoisotopic (exact) mass is 577 g/mol. The lowest BCUT2D eigenvalue weighted by atomic mass is 9.80. The van der Waals surface area contributed by atoms with Gasteiger partial charge in [-0.05, 0) is 35.8 Å². The number of hydrogen-bond donors (Lipinski definition) is 1. The van der Waals surface area contributed by atoms with Crippen LogP contribution in [0.3, 0.4) is 0 Å². The molecule has 0 aliphatic carbocycles. The Bertz CT molecular complexity index is 1250. The van der Waals surface area contributed by atoms with Crippen LogP contribution in [0.4, 0.5) is 18.9 Å². The van der Waals surface area contributed by atoms with E-state index in [-0.39, 0.29) is 37.6 Å². The van der Waals surface area contributed by atoms with Gasteiger partial charge in [0.2, 0.25) is 17.7 Å². The number of benzene rings is 1. The predicted octanol–water partition coefficient (Wildman–Crippen LogP) is 3.70. The highest BCUT2D eigenvalue weighted by Crippen LogP contribution is 2.46. The summed E-state index contributed by atoms with van der Waals surface area (Å²) in [7, 11) is 2.27. The maximum absolute atomic E-state index is 14.1. The summed E-state index contributed by atoms with van der Waals surface area (Å²) in [6.45, 7) is 8.79. The van der Waals surface area contributed by atoms with E-state index in [0.717, 1.165) is 11.9 Å². The van der Waals surface area contributed by atoms with E-state index in [0.29, 0.717) is 16.2 Å². The van der Waals surface area contributed by atoms with Gasteiger partial charge < -0.3 is 20.0 Å². The Morgan fingerprint density at radius 3 is 2.27 bits per heavy atom. The summed E-state index contributed by atoms with van der Waals surface area (Å²) in [5.41, 5.74) is -0.471. The fourth-order valence-electron chi connectivity index (χ4n) is 5.75. The summed E-state index contributed by atoms with van der Waals surface area (Å²) < 4.78 is 40.0. The number of nitrogens with zero attached hydrogens (tertiary/aromatic N) is 4.